The Bertz CT molecular complexity index is 265. The number of nitriles is 1. The highest BCUT2D eigenvalue weighted by Crippen LogP contribution is 2.26. The standard InChI is InChI=1S/C14H25N3/c1-16(10-8-15)14-7-4-9-17(12-14)11-13-5-2-3-6-13/h13-14H,2-7,9-12H2,1H3. The highest BCUT2D eigenvalue weighted by atomic mass is 15.2. The van der Waals surface area contributed by atoms with Gasteiger partial charge in [-0.3, -0.25) is 4.90 Å². The van der Waals surface area contributed by atoms with E-state index >= 15 is 0 Å². The first kappa shape index (κ1) is 12.9. The Morgan fingerprint density at radius 3 is 2.71 bits per heavy atom. The van der Waals surface area contributed by atoms with Crippen molar-refractivity contribution in [3.63, 3.8) is 0 Å². The maximum Gasteiger partial charge on any atom is 0.0866 e. The molecule has 1 unspecified atom stereocenters. The van der Waals surface area contributed by atoms with E-state index in [0.717, 1.165) is 5.92 Å². The lowest BCUT2D eigenvalue weighted by Gasteiger charge is -2.37. The molecule has 0 bridgehead atoms. The zero-order chi connectivity index (χ0) is 12.1. The van der Waals surface area contributed by atoms with Crippen LogP contribution in [0.1, 0.15) is 38.5 Å². The molecule has 0 N–H and O–H groups in total. The zero-order valence-electron chi connectivity index (χ0n) is 11.1. The fourth-order valence-electron chi connectivity index (χ4n) is 3.36. The average Bonchev–Trinajstić information content (AvgIpc) is 2.82. The molecule has 0 radical (unpaired) electrons. The van der Waals surface area contributed by atoms with E-state index in [-0.39, 0.29) is 0 Å². The van der Waals surface area contributed by atoms with E-state index in [1.807, 2.05) is 0 Å². The van der Waals surface area contributed by atoms with Crippen molar-refractivity contribution in [2.24, 2.45) is 5.92 Å². The number of piperidine rings is 1. The molecule has 3 heteroatoms. The zero-order valence-corrected chi connectivity index (χ0v) is 11.1. The molecule has 3 nitrogen and oxygen atoms in total. The van der Waals surface area contributed by atoms with Crippen LogP contribution in [-0.4, -0.2) is 49.1 Å². The van der Waals surface area contributed by atoms with Gasteiger partial charge in [0.1, 0.15) is 0 Å². The number of hydrogen-bond donors (Lipinski definition) is 0. The van der Waals surface area contributed by atoms with Gasteiger partial charge >= 0.3 is 0 Å². The summed E-state index contributed by atoms with van der Waals surface area (Å²) in [4.78, 5) is 4.86. The van der Waals surface area contributed by atoms with Gasteiger partial charge in [0.15, 0.2) is 0 Å². The summed E-state index contributed by atoms with van der Waals surface area (Å²) in [5, 5.41) is 8.76. The molecule has 17 heavy (non-hydrogen) atoms. The molecule has 1 saturated carbocycles. The van der Waals surface area contributed by atoms with E-state index in [9.17, 15) is 0 Å². The summed E-state index contributed by atoms with van der Waals surface area (Å²) >= 11 is 0. The van der Waals surface area contributed by atoms with Crippen molar-refractivity contribution in [3.05, 3.63) is 0 Å². The molecule has 0 amide bonds. The highest BCUT2D eigenvalue weighted by Gasteiger charge is 2.25. The molecule has 0 aromatic heterocycles. The number of likely N-dealkylation sites (N-methyl/N-ethyl adjacent to an activating group) is 1. The topological polar surface area (TPSA) is 30.3 Å². The van der Waals surface area contributed by atoms with Crippen molar-refractivity contribution >= 4 is 0 Å². The summed E-state index contributed by atoms with van der Waals surface area (Å²) in [6, 6.07) is 2.86. The van der Waals surface area contributed by atoms with Gasteiger partial charge in [0.05, 0.1) is 12.6 Å². The summed E-state index contributed by atoms with van der Waals surface area (Å²) in [5.41, 5.74) is 0. The second kappa shape index (κ2) is 6.37. The van der Waals surface area contributed by atoms with Crippen LogP contribution < -0.4 is 0 Å². The summed E-state index contributed by atoms with van der Waals surface area (Å²) < 4.78 is 0. The Morgan fingerprint density at radius 2 is 2.00 bits per heavy atom. The minimum absolute atomic E-state index is 0.571. The van der Waals surface area contributed by atoms with Gasteiger partial charge in [-0.2, -0.15) is 5.26 Å². The fraction of sp³-hybridized carbons (Fsp3) is 0.929. The first-order valence-electron chi connectivity index (χ1n) is 7.09. The maximum atomic E-state index is 8.76. The fourth-order valence-corrected chi connectivity index (χ4v) is 3.36. The van der Waals surface area contributed by atoms with Crippen molar-refractivity contribution in [1.29, 1.82) is 5.26 Å². The second-order valence-corrected chi connectivity index (χ2v) is 5.78. The van der Waals surface area contributed by atoms with Crippen molar-refractivity contribution in [2.75, 3.05) is 33.2 Å². The largest absolute Gasteiger partial charge is 0.302 e. The Labute approximate surface area is 105 Å². The molecular weight excluding hydrogens is 210 g/mol. The summed E-state index contributed by atoms with van der Waals surface area (Å²) in [5.74, 6) is 0.954. The number of likely N-dealkylation sites (tertiary alicyclic amines) is 1. The van der Waals surface area contributed by atoms with Crippen molar-refractivity contribution in [1.82, 2.24) is 9.80 Å². The Morgan fingerprint density at radius 1 is 1.24 bits per heavy atom. The molecule has 1 aliphatic carbocycles. The normalized spacial score (nSPS) is 27.5. The SMILES string of the molecule is CN(CC#N)C1CCCN(CC2CCCC2)C1. The third-order valence-electron chi connectivity index (χ3n) is 4.42. The first-order chi connectivity index (χ1) is 8.29. The Balaban J connectivity index is 1.78. The van der Waals surface area contributed by atoms with Crippen LogP contribution in [0.25, 0.3) is 0 Å². The lowest BCUT2D eigenvalue weighted by Crippen LogP contribution is -2.47. The summed E-state index contributed by atoms with van der Waals surface area (Å²) in [6.45, 7) is 4.32. The van der Waals surface area contributed by atoms with Crippen LogP contribution in [0.4, 0.5) is 0 Å². The van der Waals surface area contributed by atoms with Gasteiger partial charge in [-0.1, -0.05) is 12.8 Å². The van der Waals surface area contributed by atoms with Crippen LogP contribution in [0, 0.1) is 17.2 Å². The molecule has 0 aromatic rings. The third kappa shape index (κ3) is 3.69. The summed E-state index contributed by atoms with van der Waals surface area (Å²) in [6.07, 6.45) is 8.32. The van der Waals surface area contributed by atoms with E-state index in [0.29, 0.717) is 12.6 Å². The minimum Gasteiger partial charge on any atom is -0.302 e. The Kier molecular flexibility index (Phi) is 4.82. The van der Waals surface area contributed by atoms with Gasteiger partial charge in [-0.15, -0.1) is 0 Å². The van der Waals surface area contributed by atoms with Crippen molar-refractivity contribution in [3.8, 4) is 6.07 Å². The molecule has 1 atom stereocenters. The van der Waals surface area contributed by atoms with Crippen molar-refractivity contribution in [2.45, 2.75) is 44.6 Å². The predicted octanol–water partition coefficient (Wildman–Crippen LogP) is 2.10. The predicted molar refractivity (Wildman–Crippen MR) is 69.7 cm³/mol. The van der Waals surface area contributed by atoms with E-state index < -0.39 is 0 Å². The van der Waals surface area contributed by atoms with Crippen LogP contribution in [0.2, 0.25) is 0 Å². The second-order valence-electron chi connectivity index (χ2n) is 5.78. The first-order valence-corrected chi connectivity index (χ1v) is 7.09. The molecule has 0 aromatic carbocycles. The smallest absolute Gasteiger partial charge is 0.0866 e. The number of rotatable bonds is 4. The van der Waals surface area contributed by atoms with E-state index in [1.54, 1.807) is 0 Å². The van der Waals surface area contributed by atoms with E-state index in [4.69, 9.17) is 5.26 Å². The maximum absolute atomic E-state index is 8.76. The van der Waals surface area contributed by atoms with Gasteiger partial charge in [0, 0.05) is 19.1 Å². The van der Waals surface area contributed by atoms with Gasteiger partial charge in [0.25, 0.3) is 0 Å². The van der Waals surface area contributed by atoms with Gasteiger partial charge in [-0.25, -0.2) is 0 Å². The van der Waals surface area contributed by atoms with Crippen LogP contribution in [0.5, 0.6) is 0 Å². The van der Waals surface area contributed by atoms with Crippen LogP contribution >= 0.6 is 0 Å². The molecular formula is C14H25N3. The van der Waals surface area contributed by atoms with E-state index in [1.165, 1.54) is 58.2 Å². The molecule has 2 rings (SSSR count). The van der Waals surface area contributed by atoms with E-state index in [2.05, 4.69) is 22.9 Å². The molecule has 1 aliphatic heterocycles. The lowest BCUT2D eigenvalue weighted by molar-refractivity contribution is 0.112. The molecule has 2 aliphatic rings. The molecule has 1 heterocycles. The molecule has 2 fully saturated rings. The molecule has 96 valence electrons. The average molecular weight is 235 g/mol. The van der Waals surface area contributed by atoms with Crippen molar-refractivity contribution < 1.29 is 0 Å². The monoisotopic (exact) mass is 235 g/mol. The number of hydrogen-bond acceptors (Lipinski definition) is 3. The Hall–Kier alpha value is -0.590. The van der Waals surface area contributed by atoms with Crippen LogP contribution in [0.15, 0.2) is 0 Å². The molecule has 1 saturated heterocycles. The summed E-state index contributed by atoms with van der Waals surface area (Å²) in [7, 11) is 2.09. The number of nitrogens with zero attached hydrogens (tertiary/aromatic N) is 3. The highest BCUT2D eigenvalue weighted by molar-refractivity contribution is 4.85. The quantitative estimate of drug-likeness (QED) is 0.699. The van der Waals surface area contributed by atoms with Gasteiger partial charge in [-0.05, 0) is 45.2 Å². The lowest BCUT2D eigenvalue weighted by atomic mass is 10.0. The van der Waals surface area contributed by atoms with Crippen LogP contribution in [0.3, 0.4) is 0 Å². The van der Waals surface area contributed by atoms with Gasteiger partial charge < -0.3 is 4.90 Å². The third-order valence-corrected chi connectivity index (χ3v) is 4.42. The van der Waals surface area contributed by atoms with Gasteiger partial charge in [0.2, 0.25) is 0 Å². The molecule has 0 spiro atoms. The minimum atomic E-state index is 0.571. The van der Waals surface area contributed by atoms with Crippen LogP contribution in [-0.2, 0) is 0 Å².